The highest BCUT2D eigenvalue weighted by molar-refractivity contribution is 6.00. The molecule has 2 rings (SSSR count). The molecule has 2 aromatic rings. The third-order valence-corrected chi connectivity index (χ3v) is 2.66. The summed E-state index contributed by atoms with van der Waals surface area (Å²) < 4.78 is 9.81. The molecule has 5 nitrogen and oxygen atoms in total. The standard InChI is InChI=1S/C13H13NO4/c1-8(7-18-13(14)16)12(15)10-2-3-11-9(6-10)4-5-17-11/h2-6,8H,7H2,1H3,(H2,14,16). The monoisotopic (exact) mass is 247 g/mol. The number of fused-ring (bicyclic) bond motifs is 1. The normalized spacial score (nSPS) is 12.3. The van der Waals surface area contributed by atoms with Gasteiger partial charge in [-0.05, 0) is 24.3 Å². The molecule has 0 saturated heterocycles. The molecular formula is C13H13NO4. The number of nitrogens with two attached hydrogens (primary N) is 1. The van der Waals surface area contributed by atoms with Gasteiger partial charge in [-0.1, -0.05) is 6.92 Å². The third-order valence-electron chi connectivity index (χ3n) is 2.66. The van der Waals surface area contributed by atoms with Crippen LogP contribution in [0.2, 0.25) is 0 Å². The maximum absolute atomic E-state index is 12.1. The highest BCUT2D eigenvalue weighted by Gasteiger charge is 2.17. The van der Waals surface area contributed by atoms with Crippen LogP contribution in [0.15, 0.2) is 34.9 Å². The molecule has 1 unspecified atom stereocenters. The van der Waals surface area contributed by atoms with Gasteiger partial charge in [0.05, 0.1) is 12.2 Å². The van der Waals surface area contributed by atoms with E-state index in [0.29, 0.717) is 5.56 Å². The van der Waals surface area contributed by atoms with Crippen LogP contribution >= 0.6 is 0 Å². The van der Waals surface area contributed by atoms with Crippen LogP contribution in [0.4, 0.5) is 4.79 Å². The summed E-state index contributed by atoms with van der Waals surface area (Å²) in [5, 5.41) is 0.865. The number of carbonyl (C=O) groups is 2. The van der Waals surface area contributed by atoms with Gasteiger partial charge in [0, 0.05) is 10.9 Å². The third kappa shape index (κ3) is 2.51. The molecule has 1 atom stereocenters. The number of amides is 1. The molecule has 0 bridgehead atoms. The van der Waals surface area contributed by atoms with Gasteiger partial charge in [-0.25, -0.2) is 4.79 Å². The number of furan rings is 1. The summed E-state index contributed by atoms with van der Waals surface area (Å²) in [5.41, 5.74) is 6.14. The van der Waals surface area contributed by atoms with Crippen molar-refractivity contribution in [1.29, 1.82) is 0 Å². The van der Waals surface area contributed by atoms with E-state index in [1.165, 1.54) is 0 Å². The molecule has 0 aliphatic rings. The lowest BCUT2D eigenvalue weighted by Gasteiger charge is -2.09. The second kappa shape index (κ2) is 4.91. The van der Waals surface area contributed by atoms with Crippen LogP contribution in [0.25, 0.3) is 11.0 Å². The summed E-state index contributed by atoms with van der Waals surface area (Å²) in [7, 11) is 0. The first-order valence-corrected chi connectivity index (χ1v) is 5.51. The Morgan fingerprint density at radius 1 is 1.39 bits per heavy atom. The fourth-order valence-electron chi connectivity index (χ4n) is 1.69. The molecule has 0 aliphatic carbocycles. The Kier molecular flexibility index (Phi) is 3.32. The van der Waals surface area contributed by atoms with E-state index >= 15 is 0 Å². The Bertz CT molecular complexity index is 587. The van der Waals surface area contributed by atoms with Crippen LogP contribution in [0.3, 0.4) is 0 Å². The van der Waals surface area contributed by atoms with Gasteiger partial charge in [-0.15, -0.1) is 0 Å². The largest absolute Gasteiger partial charge is 0.464 e. The van der Waals surface area contributed by atoms with E-state index in [2.05, 4.69) is 4.74 Å². The van der Waals surface area contributed by atoms with Crippen molar-refractivity contribution in [3.05, 3.63) is 36.1 Å². The van der Waals surface area contributed by atoms with Crippen molar-refractivity contribution in [2.45, 2.75) is 6.92 Å². The van der Waals surface area contributed by atoms with Crippen LogP contribution in [0.5, 0.6) is 0 Å². The molecule has 1 aromatic heterocycles. The van der Waals surface area contributed by atoms with Gasteiger partial charge in [0.25, 0.3) is 0 Å². The molecule has 1 heterocycles. The molecule has 94 valence electrons. The fraction of sp³-hybridized carbons (Fsp3) is 0.231. The molecule has 0 radical (unpaired) electrons. The fourth-order valence-corrected chi connectivity index (χ4v) is 1.69. The van der Waals surface area contributed by atoms with E-state index in [-0.39, 0.29) is 12.4 Å². The number of hydrogen-bond acceptors (Lipinski definition) is 4. The van der Waals surface area contributed by atoms with E-state index in [4.69, 9.17) is 10.2 Å². The molecule has 1 aromatic carbocycles. The molecule has 0 spiro atoms. The van der Waals surface area contributed by atoms with Crippen LogP contribution in [-0.2, 0) is 4.74 Å². The molecular weight excluding hydrogens is 234 g/mol. The predicted octanol–water partition coefficient (Wildman–Crippen LogP) is 2.35. The molecule has 5 heteroatoms. The van der Waals surface area contributed by atoms with Crippen molar-refractivity contribution in [2.75, 3.05) is 6.61 Å². The number of ether oxygens (including phenoxy) is 1. The van der Waals surface area contributed by atoms with Gasteiger partial charge in [0.2, 0.25) is 0 Å². The van der Waals surface area contributed by atoms with E-state index < -0.39 is 12.0 Å². The first kappa shape index (κ1) is 12.2. The van der Waals surface area contributed by atoms with Gasteiger partial charge >= 0.3 is 6.09 Å². The van der Waals surface area contributed by atoms with Gasteiger partial charge in [0.15, 0.2) is 5.78 Å². The van der Waals surface area contributed by atoms with Crippen molar-refractivity contribution in [2.24, 2.45) is 11.7 Å². The molecule has 0 fully saturated rings. The van der Waals surface area contributed by atoms with Gasteiger partial charge in [0.1, 0.15) is 12.2 Å². The number of rotatable bonds is 4. The highest BCUT2D eigenvalue weighted by atomic mass is 16.5. The van der Waals surface area contributed by atoms with Crippen molar-refractivity contribution in [1.82, 2.24) is 0 Å². The minimum absolute atomic E-state index is 0.0163. The lowest BCUT2D eigenvalue weighted by atomic mass is 9.99. The van der Waals surface area contributed by atoms with Crippen molar-refractivity contribution in [3.8, 4) is 0 Å². The second-order valence-corrected chi connectivity index (χ2v) is 4.07. The van der Waals surface area contributed by atoms with Gasteiger partial charge in [-0.3, -0.25) is 4.79 Å². The average molecular weight is 247 g/mol. The summed E-state index contributed by atoms with van der Waals surface area (Å²) in [6.45, 7) is 1.67. The van der Waals surface area contributed by atoms with Gasteiger partial charge < -0.3 is 14.9 Å². The Morgan fingerprint density at radius 3 is 2.89 bits per heavy atom. The van der Waals surface area contributed by atoms with Gasteiger partial charge in [-0.2, -0.15) is 0 Å². The number of carbonyl (C=O) groups excluding carboxylic acids is 2. The summed E-state index contributed by atoms with van der Waals surface area (Å²) in [6.07, 6.45) is 0.693. The second-order valence-electron chi connectivity index (χ2n) is 4.07. The minimum Gasteiger partial charge on any atom is -0.464 e. The Morgan fingerprint density at radius 2 is 2.17 bits per heavy atom. The zero-order chi connectivity index (χ0) is 13.1. The van der Waals surface area contributed by atoms with E-state index in [0.717, 1.165) is 11.0 Å². The minimum atomic E-state index is -0.875. The predicted molar refractivity (Wildman–Crippen MR) is 65.2 cm³/mol. The SMILES string of the molecule is CC(COC(N)=O)C(=O)c1ccc2occc2c1. The van der Waals surface area contributed by atoms with Crippen LogP contribution < -0.4 is 5.73 Å². The van der Waals surface area contributed by atoms with Crippen LogP contribution in [0, 0.1) is 5.92 Å². The van der Waals surface area contributed by atoms with Crippen LogP contribution in [-0.4, -0.2) is 18.5 Å². The summed E-state index contributed by atoms with van der Waals surface area (Å²) in [6, 6.07) is 6.97. The van der Waals surface area contributed by atoms with Crippen molar-refractivity contribution < 1.29 is 18.7 Å². The van der Waals surface area contributed by atoms with E-state index in [1.807, 2.05) is 0 Å². The van der Waals surface area contributed by atoms with E-state index in [9.17, 15) is 9.59 Å². The maximum Gasteiger partial charge on any atom is 0.404 e. The zero-order valence-corrected chi connectivity index (χ0v) is 9.88. The Balaban J connectivity index is 2.14. The number of primary amides is 1. The molecule has 2 N–H and O–H groups in total. The first-order chi connectivity index (χ1) is 8.58. The Labute approximate surface area is 104 Å². The highest BCUT2D eigenvalue weighted by Crippen LogP contribution is 2.19. The summed E-state index contributed by atoms with van der Waals surface area (Å²) in [5.74, 6) is -0.527. The van der Waals surface area contributed by atoms with Crippen molar-refractivity contribution >= 4 is 22.8 Å². The number of ketones is 1. The average Bonchev–Trinajstić information content (AvgIpc) is 2.81. The molecule has 18 heavy (non-hydrogen) atoms. The first-order valence-electron chi connectivity index (χ1n) is 5.51. The summed E-state index contributed by atoms with van der Waals surface area (Å²) >= 11 is 0. The lowest BCUT2D eigenvalue weighted by molar-refractivity contribution is 0.0846. The zero-order valence-electron chi connectivity index (χ0n) is 9.88. The maximum atomic E-state index is 12.1. The topological polar surface area (TPSA) is 82.5 Å². The van der Waals surface area contributed by atoms with Crippen LogP contribution in [0.1, 0.15) is 17.3 Å². The number of benzene rings is 1. The van der Waals surface area contributed by atoms with Crippen molar-refractivity contribution in [3.63, 3.8) is 0 Å². The van der Waals surface area contributed by atoms with E-state index in [1.54, 1.807) is 37.5 Å². The number of hydrogen-bond donors (Lipinski definition) is 1. The smallest absolute Gasteiger partial charge is 0.404 e. The lowest BCUT2D eigenvalue weighted by Crippen LogP contribution is -2.22. The molecule has 1 amide bonds. The Hall–Kier alpha value is -2.30. The summed E-state index contributed by atoms with van der Waals surface area (Å²) in [4.78, 5) is 22.5. The molecule has 0 aliphatic heterocycles. The number of Topliss-reactive ketones (excluding diaryl/α,β-unsaturated/α-hetero) is 1. The quantitative estimate of drug-likeness (QED) is 0.840. The molecule has 0 saturated carbocycles.